The molecule has 1 aromatic carbocycles. The molecule has 0 bridgehead atoms. The number of hydrogen-bond donors (Lipinski definition) is 1. The van der Waals surface area contributed by atoms with Crippen LogP contribution in [0, 0.1) is 11.3 Å². The molecule has 5 nitrogen and oxygen atoms in total. The van der Waals surface area contributed by atoms with Gasteiger partial charge in [0.1, 0.15) is 17.4 Å². The maximum atomic E-state index is 12.8. The highest BCUT2D eigenvalue weighted by molar-refractivity contribution is 7.16. The van der Waals surface area contributed by atoms with Crippen LogP contribution in [0.25, 0.3) is 10.1 Å². The first kappa shape index (κ1) is 14.4. The van der Waals surface area contributed by atoms with E-state index in [1.165, 1.54) is 0 Å². The summed E-state index contributed by atoms with van der Waals surface area (Å²) in [6, 6.07) is 13.2. The Morgan fingerprint density at radius 1 is 1.25 bits per heavy atom. The van der Waals surface area contributed by atoms with E-state index in [0.717, 1.165) is 27.0 Å². The summed E-state index contributed by atoms with van der Waals surface area (Å²) < 4.78 is 6.38. The molecule has 1 aliphatic rings. The summed E-state index contributed by atoms with van der Waals surface area (Å²) in [5.41, 5.74) is 7.40. The number of benzene rings is 1. The van der Waals surface area contributed by atoms with Crippen molar-refractivity contribution in [3.63, 3.8) is 0 Å². The Bertz CT molecular complexity index is 1080. The van der Waals surface area contributed by atoms with Gasteiger partial charge in [-0.1, -0.05) is 29.5 Å². The lowest BCUT2D eigenvalue weighted by Gasteiger charge is -2.26. The van der Waals surface area contributed by atoms with E-state index in [1.807, 2.05) is 30.3 Å². The molecule has 116 valence electrons. The van der Waals surface area contributed by atoms with Crippen molar-refractivity contribution in [3.8, 4) is 11.8 Å². The van der Waals surface area contributed by atoms with E-state index in [2.05, 4.69) is 11.1 Å². The minimum atomic E-state index is -0.569. The van der Waals surface area contributed by atoms with Gasteiger partial charge in [0.2, 0.25) is 10.6 Å². The van der Waals surface area contributed by atoms with Crippen LogP contribution in [0.5, 0.6) is 5.75 Å². The maximum absolute atomic E-state index is 12.8. The van der Waals surface area contributed by atoms with Crippen LogP contribution in [0.1, 0.15) is 17.0 Å². The molecule has 3 heterocycles. The molecule has 0 saturated heterocycles. The fourth-order valence-electron chi connectivity index (χ4n) is 2.95. The van der Waals surface area contributed by atoms with Crippen molar-refractivity contribution < 1.29 is 4.74 Å². The molecule has 0 amide bonds. The van der Waals surface area contributed by atoms with Crippen LogP contribution in [0.2, 0.25) is 0 Å². The second-order valence-electron chi connectivity index (χ2n) is 5.34. The molecular weight excluding hydrogens is 322 g/mol. The number of ether oxygens (including phenoxy) is 1. The van der Waals surface area contributed by atoms with Crippen LogP contribution >= 0.6 is 11.3 Å². The molecule has 0 saturated carbocycles. The van der Waals surface area contributed by atoms with Crippen LogP contribution < -0.4 is 15.2 Å². The first-order valence-electron chi connectivity index (χ1n) is 7.24. The number of nitriles is 1. The lowest BCUT2D eigenvalue weighted by Crippen LogP contribution is -2.25. The molecule has 4 rings (SSSR count). The number of nitrogens with zero attached hydrogens (tertiary/aromatic N) is 2. The molecule has 1 aliphatic heterocycles. The van der Waals surface area contributed by atoms with Crippen LogP contribution in [0.3, 0.4) is 0 Å². The number of aromatic nitrogens is 1. The van der Waals surface area contributed by atoms with Gasteiger partial charge in [-0.05, 0) is 23.8 Å². The zero-order chi connectivity index (χ0) is 16.7. The summed E-state index contributed by atoms with van der Waals surface area (Å²) in [7, 11) is 0. The number of hydrogen-bond acceptors (Lipinski definition) is 6. The zero-order valence-electron chi connectivity index (χ0n) is 12.4. The molecule has 0 fully saturated rings. The molecule has 2 N–H and O–H groups in total. The van der Waals surface area contributed by atoms with Gasteiger partial charge in [-0.3, -0.25) is 9.78 Å². The molecule has 0 spiro atoms. The molecule has 0 radical (unpaired) electrons. The summed E-state index contributed by atoms with van der Waals surface area (Å²) in [6.45, 7) is 0. The van der Waals surface area contributed by atoms with Gasteiger partial charge in [0.15, 0.2) is 0 Å². The molecule has 0 aliphatic carbocycles. The molecule has 6 heteroatoms. The lowest BCUT2D eigenvalue weighted by molar-refractivity contribution is 0.398. The second kappa shape index (κ2) is 5.48. The highest BCUT2D eigenvalue weighted by atomic mass is 32.1. The number of rotatable bonds is 1. The highest BCUT2D eigenvalue weighted by Gasteiger charge is 2.34. The minimum absolute atomic E-state index is 0.0274. The van der Waals surface area contributed by atoms with E-state index in [9.17, 15) is 10.1 Å². The van der Waals surface area contributed by atoms with Gasteiger partial charge >= 0.3 is 0 Å². The van der Waals surface area contributed by atoms with Crippen LogP contribution in [-0.4, -0.2) is 4.98 Å². The first-order valence-corrected chi connectivity index (χ1v) is 8.05. The van der Waals surface area contributed by atoms with Gasteiger partial charge in [-0.2, -0.15) is 5.26 Å². The van der Waals surface area contributed by atoms with Gasteiger partial charge in [-0.15, -0.1) is 0 Å². The Kier molecular flexibility index (Phi) is 3.29. The van der Waals surface area contributed by atoms with Crippen LogP contribution in [-0.2, 0) is 0 Å². The lowest BCUT2D eigenvalue weighted by atomic mass is 9.85. The Morgan fingerprint density at radius 2 is 2.08 bits per heavy atom. The number of nitrogens with two attached hydrogens (primary N) is 1. The van der Waals surface area contributed by atoms with Crippen molar-refractivity contribution in [1.29, 1.82) is 5.26 Å². The number of fused-ring (bicyclic) bond motifs is 3. The summed E-state index contributed by atoms with van der Waals surface area (Å²) >= 11 is 1.14. The molecule has 1 atom stereocenters. The third-order valence-corrected chi connectivity index (χ3v) is 4.97. The summed E-state index contributed by atoms with van der Waals surface area (Å²) in [5.74, 6) is -0.111. The molecule has 2 aromatic heterocycles. The van der Waals surface area contributed by atoms with Gasteiger partial charge in [0.05, 0.1) is 11.5 Å². The van der Waals surface area contributed by atoms with Crippen molar-refractivity contribution in [1.82, 2.24) is 4.98 Å². The zero-order valence-corrected chi connectivity index (χ0v) is 13.2. The van der Waals surface area contributed by atoms with Crippen LogP contribution in [0.15, 0.2) is 65.0 Å². The maximum Gasteiger partial charge on any atom is 0.240 e. The molecule has 3 aromatic rings. The largest absolute Gasteiger partial charge is 0.439 e. The van der Waals surface area contributed by atoms with Gasteiger partial charge in [-0.25, -0.2) is 0 Å². The second-order valence-corrected chi connectivity index (χ2v) is 6.35. The number of allylic oxidation sites excluding steroid dienone is 1. The fraction of sp³-hybridized carbons (Fsp3) is 0.0556. The highest BCUT2D eigenvalue weighted by Crippen LogP contribution is 2.43. The Hall–Kier alpha value is -3.17. The van der Waals surface area contributed by atoms with E-state index in [-0.39, 0.29) is 16.2 Å². The van der Waals surface area contributed by atoms with Crippen molar-refractivity contribution in [2.45, 2.75) is 5.92 Å². The number of pyridine rings is 1. The van der Waals surface area contributed by atoms with Crippen molar-refractivity contribution in [2.75, 3.05) is 0 Å². The Balaban J connectivity index is 2.10. The Morgan fingerprint density at radius 3 is 2.83 bits per heavy atom. The predicted octanol–water partition coefficient (Wildman–Crippen LogP) is 2.87. The van der Waals surface area contributed by atoms with E-state index in [0.29, 0.717) is 11.3 Å². The summed E-state index contributed by atoms with van der Waals surface area (Å²) in [4.78, 5) is 16.9. The Labute approximate surface area is 141 Å². The quantitative estimate of drug-likeness (QED) is 0.739. The van der Waals surface area contributed by atoms with Gasteiger partial charge < -0.3 is 10.5 Å². The average Bonchev–Trinajstić information content (AvgIpc) is 2.61. The topological polar surface area (TPSA) is 89.0 Å². The standard InChI is InChI=1S/C18H11N3O2S/c19-8-12-14(10-4-3-7-21-9-10)15-16(23-17(12)20)11-5-1-2-6-13(11)24-18(15)22/h1-7,9,14H,20H2/t14-/m0/s1. The average molecular weight is 333 g/mol. The SMILES string of the molecule is N#CC1=C(N)Oc2c(c(=O)sc3ccccc23)[C@H]1c1cccnc1. The van der Waals surface area contributed by atoms with E-state index < -0.39 is 5.92 Å². The van der Waals surface area contributed by atoms with Crippen molar-refractivity contribution in [2.24, 2.45) is 5.73 Å². The molecule has 24 heavy (non-hydrogen) atoms. The summed E-state index contributed by atoms with van der Waals surface area (Å²) in [5, 5.41) is 10.3. The monoisotopic (exact) mass is 333 g/mol. The fourth-order valence-corrected chi connectivity index (χ4v) is 3.88. The minimum Gasteiger partial charge on any atom is -0.439 e. The van der Waals surface area contributed by atoms with Gasteiger partial charge in [0, 0.05) is 22.5 Å². The normalized spacial score (nSPS) is 16.4. The van der Waals surface area contributed by atoms with E-state index in [1.54, 1.807) is 18.5 Å². The predicted molar refractivity (Wildman–Crippen MR) is 91.6 cm³/mol. The molecule has 0 unspecified atom stereocenters. The van der Waals surface area contributed by atoms with Gasteiger partial charge in [0.25, 0.3) is 0 Å². The third kappa shape index (κ3) is 2.07. The van der Waals surface area contributed by atoms with Crippen molar-refractivity contribution >= 4 is 21.4 Å². The molecular formula is C18H11N3O2S. The third-order valence-electron chi connectivity index (χ3n) is 3.99. The summed E-state index contributed by atoms with van der Waals surface area (Å²) in [6.07, 6.45) is 3.29. The van der Waals surface area contributed by atoms with Crippen molar-refractivity contribution in [3.05, 3.63) is 80.9 Å². The first-order chi connectivity index (χ1) is 11.7. The van der Waals surface area contributed by atoms with Crippen LogP contribution in [0.4, 0.5) is 0 Å². The van der Waals surface area contributed by atoms with E-state index >= 15 is 0 Å². The van der Waals surface area contributed by atoms with E-state index in [4.69, 9.17) is 10.5 Å². The smallest absolute Gasteiger partial charge is 0.240 e.